The molecule has 3 aromatic heterocycles. The topological polar surface area (TPSA) is 209 Å². The van der Waals surface area contributed by atoms with Crippen LogP contribution in [0.25, 0.3) is 44.8 Å². The number of fused-ring (bicyclic) bond motifs is 1. The molecule has 2 unspecified atom stereocenters. The van der Waals surface area contributed by atoms with Gasteiger partial charge >= 0.3 is 12.2 Å². The smallest absolute Gasteiger partial charge is 0.407 e. The van der Waals surface area contributed by atoms with Gasteiger partial charge in [0.2, 0.25) is 11.8 Å². The minimum atomic E-state index is -0.693. The quantitative estimate of drug-likeness (QED) is 0.0789. The minimum Gasteiger partial charge on any atom is -0.453 e. The fourth-order valence-corrected chi connectivity index (χ4v) is 6.55. The molecule has 16 heteroatoms. The average molecular weight is 795 g/mol. The van der Waals surface area contributed by atoms with Gasteiger partial charge < -0.3 is 40.3 Å². The van der Waals surface area contributed by atoms with E-state index in [1.165, 1.54) is 20.6 Å². The molecule has 0 aliphatic carbocycles. The van der Waals surface area contributed by atoms with E-state index in [4.69, 9.17) is 9.72 Å². The monoisotopic (exact) mass is 794 g/mol. The number of alkyl carbamates (subject to hydrolysis) is 2. The van der Waals surface area contributed by atoms with E-state index in [2.05, 4.69) is 59.5 Å². The lowest BCUT2D eigenvalue weighted by Crippen LogP contribution is -2.51. The van der Waals surface area contributed by atoms with E-state index in [0.717, 1.165) is 76.9 Å². The maximum absolute atomic E-state index is 13.5. The van der Waals surface area contributed by atoms with Crippen molar-refractivity contribution in [2.75, 3.05) is 33.9 Å². The fraction of sp³-hybridized carbons (Fsp3) is 0.429. The number of nitrogens with zero attached hydrogens (tertiary/aromatic N) is 5. The molecule has 1 saturated heterocycles. The van der Waals surface area contributed by atoms with Crippen molar-refractivity contribution in [3.8, 4) is 33.9 Å². The largest absolute Gasteiger partial charge is 0.453 e. The number of benzene rings is 2. The first-order valence-corrected chi connectivity index (χ1v) is 19.7. The Morgan fingerprint density at radius 3 is 2.26 bits per heavy atom. The molecular formula is C42H54N10O6. The summed E-state index contributed by atoms with van der Waals surface area (Å²) >= 11 is 0. The molecule has 5 aromatic rings. The number of carbonyl (C=O) groups is 4. The number of hydrogen-bond donors (Lipinski definition) is 5. The number of aromatic amines is 2. The lowest BCUT2D eigenvalue weighted by molar-refractivity contribution is -0.135. The standard InChI is InChI=1S/C39H46N10O6.C3H8/c1-23(2)34(48-39(53)55-4)37(51)49-17-7-8-31(49)36-43-21-29(47-36)24-10-12-25(13-11-24)35-42-19-27-18-26(14-15-28(27)46-35)30-20-41-32(45-30)9-5-6-16-40-33(50)22-44-38(52)54-3;1-3-2/h10-15,18-21,23,31,34H,5-9,16-17,22H2,1-4H3,(H,40,50)(H,41,45)(H,43,47)(H,44,52)(H,48,53);3H2,1-2H3. The van der Waals surface area contributed by atoms with Crippen molar-refractivity contribution in [1.82, 2.24) is 50.8 Å². The predicted octanol–water partition coefficient (Wildman–Crippen LogP) is 6.33. The fourth-order valence-electron chi connectivity index (χ4n) is 6.55. The third kappa shape index (κ3) is 11.2. The predicted molar refractivity (Wildman–Crippen MR) is 220 cm³/mol. The first-order valence-electron chi connectivity index (χ1n) is 19.7. The molecule has 0 spiro atoms. The lowest BCUT2D eigenvalue weighted by atomic mass is 10.0. The molecule has 0 saturated carbocycles. The molecular weight excluding hydrogens is 741 g/mol. The average Bonchev–Trinajstić information content (AvgIpc) is 4.03. The second kappa shape index (κ2) is 20.7. The highest BCUT2D eigenvalue weighted by molar-refractivity contribution is 5.87. The van der Waals surface area contributed by atoms with Crippen LogP contribution in [0.2, 0.25) is 0 Å². The van der Waals surface area contributed by atoms with Gasteiger partial charge in [0, 0.05) is 42.2 Å². The van der Waals surface area contributed by atoms with Crippen LogP contribution in [0.15, 0.2) is 61.1 Å². The summed E-state index contributed by atoms with van der Waals surface area (Å²) in [6.07, 6.45) is 9.33. The van der Waals surface area contributed by atoms with Gasteiger partial charge in [0.25, 0.3) is 0 Å². The number of unbranched alkanes of at least 4 members (excludes halogenated alkanes) is 1. The van der Waals surface area contributed by atoms with Crippen molar-refractivity contribution < 1.29 is 28.7 Å². The molecule has 4 amide bonds. The Kier molecular flexibility index (Phi) is 15.3. The molecule has 308 valence electrons. The Hall–Kier alpha value is -6.32. The van der Waals surface area contributed by atoms with Crippen LogP contribution in [0.1, 0.15) is 77.5 Å². The van der Waals surface area contributed by atoms with E-state index in [1.807, 2.05) is 68.7 Å². The zero-order valence-corrected chi connectivity index (χ0v) is 34.1. The van der Waals surface area contributed by atoms with Crippen LogP contribution < -0.4 is 16.0 Å². The normalized spacial score (nSPS) is 14.1. The first kappa shape index (κ1) is 42.8. The number of rotatable bonds is 14. The third-order valence-electron chi connectivity index (χ3n) is 9.55. The summed E-state index contributed by atoms with van der Waals surface area (Å²) in [5.74, 6) is 1.65. The van der Waals surface area contributed by atoms with Crippen LogP contribution in [0, 0.1) is 5.92 Å². The summed E-state index contributed by atoms with van der Waals surface area (Å²) in [6.45, 7) is 9.00. The highest BCUT2D eigenvalue weighted by Crippen LogP contribution is 2.33. The Morgan fingerprint density at radius 1 is 0.845 bits per heavy atom. The third-order valence-corrected chi connectivity index (χ3v) is 9.55. The number of H-pyrrole nitrogens is 2. The van der Waals surface area contributed by atoms with Crippen LogP contribution in [-0.2, 0) is 25.5 Å². The van der Waals surface area contributed by atoms with Gasteiger partial charge in [-0.15, -0.1) is 0 Å². The zero-order valence-electron chi connectivity index (χ0n) is 34.1. The second-order valence-corrected chi connectivity index (χ2v) is 14.4. The van der Waals surface area contributed by atoms with Crippen molar-refractivity contribution in [2.45, 2.75) is 78.3 Å². The number of likely N-dealkylation sites (tertiary alicyclic amines) is 1. The molecule has 1 aliphatic rings. The molecule has 1 fully saturated rings. The van der Waals surface area contributed by atoms with Crippen LogP contribution in [0.4, 0.5) is 9.59 Å². The van der Waals surface area contributed by atoms with E-state index < -0.39 is 18.2 Å². The van der Waals surface area contributed by atoms with Crippen LogP contribution >= 0.6 is 0 Å². The Balaban J connectivity index is 0.00000207. The highest BCUT2D eigenvalue weighted by Gasteiger charge is 2.37. The van der Waals surface area contributed by atoms with Gasteiger partial charge in [-0.1, -0.05) is 64.4 Å². The number of nitrogens with one attached hydrogen (secondary N) is 5. The number of methoxy groups -OCH3 is 2. The maximum atomic E-state index is 13.5. The number of aromatic nitrogens is 6. The highest BCUT2D eigenvalue weighted by atomic mass is 16.5. The van der Waals surface area contributed by atoms with Crippen LogP contribution in [0.3, 0.4) is 0 Å². The summed E-state index contributed by atoms with van der Waals surface area (Å²) in [5.41, 5.74) is 5.32. The number of hydrogen-bond acceptors (Lipinski definition) is 10. The van der Waals surface area contributed by atoms with Gasteiger partial charge in [-0.3, -0.25) is 9.59 Å². The Labute approximate surface area is 338 Å². The summed E-state index contributed by atoms with van der Waals surface area (Å²) in [4.78, 5) is 75.6. The van der Waals surface area contributed by atoms with Gasteiger partial charge in [0.15, 0.2) is 5.82 Å². The SMILES string of the molecule is CCC.COC(=O)NCC(=O)NCCCCc1ncc(-c2ccc3nc(-c4ccc(-c5cnc(C6CCCN6C(=O)C(NC(=O)OC)C(C)C)[nH]5)cc4)ncc3c2)[nH]1. The number of ether oxygens (including phenoxy) is 2. The van der Waals surface area contributed by atoms with Crippen molar-refractivity contribution in [1.29, 1.82) is 0 Å². The van der Waals surface area contributed by atoms with Crippen molar-refractivity contribution in [2.24, 2.45) is 5.92 Å². The molecule has 1 aliphatic heterocycles. The molecule has 0 bridgehead atoms. The molecule has 2 aromatic carbocycles. The molecule has 16 nitrogen and oxygen atoms in total. The number of amides is 4. The molecule has 2 atom stereocenters. The lowest BCUT2D eigenvalue weighted by Gasteiger charge is -2.30. The van der Waals surface area contributed by atoms with Gasteiger partial charge in [0.05, 0.1) is 56.1 Å². The van der Waals surface area contributed by atoms with E-state index in [0.29, 0.717) is 24.7 Å². The number of imidazole rings is 2. The van der Waals surface area contributed by atoms with Crippen LogP contribution in [-0.4, -0.2) is 98.7 Å². The van der Waals surface area contributed by atoms with E-state index in [1.54, 1.807) is 11.1 Å². The van der Waals surface area contributed by atoms with Crippen molar-refractivity contribution in [3.05, 3.63) is 72.7 Å². The van der Waals surface area contributed by atoms with Gasteiger partial charge in [0.1, 0.15) is 17.7 Å². The van der Waals surface area contributed by atoms with Gasteiger partial charge in [-0.25, -0.2) is 29.5 Å². The Morgan fingerprint density at radius 2 is 1.53 bits per heavy atom. The molecule has 5 N–H and O–H groups in total. The molecule has 0 radical (unpaired) electrons. The molecule has 6 rings (SSSR count). The van der Waals surface area contributed by atoms with E-state index >= 15 is 0 Å². The summed E-state index contributed by atoms with van der Waals surface area (Å²) in [6, 6.07) is 13.0. The molecule has 58 heavy (non-hydrogen) atoms. The maximum Gasteiger partial charge on any atom is 0.407 e. The van der Waals surface area contributed by atoms with E-state index in [9.17, 15) is 19.2 Å². The Bertz CT molecular complexity index is 2150. The second-order valence-electron chi connectivity index (χ2n) is 14.4. The molecule has 4 heterocycles. The van der Waals surface area contributed by atoms with Crippen molar-refractivity contribution >= 4 is 34.9 Å². The summed E-state index contributed by atoms with van der Waals surface area (Å²) < 4.78 is 9.20. The van der Waals surface area contributed by atoms with Crippen LogP contribution in [0.5, 0.6) is 0 Å². The minimum absolute atomic E-state index is 0.109. The summed E-state index contributed by atoms with van der Waals surface area (Å²) in [5, 5.41) is 8.70. The first-order chi connectivity index (χ1) is 28.0. The summed E-state index contributed by atoms with van der Waals surface area (Å²) in [7, 11) is 2.53. The van der Waals surface area contributed by atoms with Crippen molar-refractivity contribution in [3.63, 3.8) is 0 Å². The number of aryl methyl sites for hydroxylation is 1. The van der Waals surface area contributed by atoms with Gasteiger partial charge in [-0.2, -0.15) is 0 Å². The van der Waals surface area contributed by atoms with E-state index in [-0.39, 0.29) is 30.3 Å². The zero-order chi connectivity index (χ0) is 41.6. The number of carbonyl (C=O) groups excluding carboxylic acids is 4. The van der Waals surface area contributed by atoms with Gasteiger partial charge in [-0.05, 0) is 49.3 Å².